The lowest BCUT2D eigenvalue weighted by atomic mass is 10.3. The molecule has 0 saturated carbocycles. The largest absolute Gasteiger partial charge is 0.356 e. The Morgan fingerprint density at radius 1 is 1.18 bits per heavy atom. The van der Waals surface area contributed by atoms with Gasteiger partial charge in [-0.05, 0) is 32.9 Å². The van der Waals surface area contributed by atoms with Crippen LogP contribution < -0.4 is 10.6 Å². The average molecular weight is 342 g/mol. The van der Waals surface area contributed by atoms with E-state index in [9.17, 15) is 4.21 Å². The summed E-state index contributed by atoms with van der Waals surface area (Å²) in [7, 11) is 0.913. The van der Waals surface area contributed by atoms with Gasteiger partial charge in [0.05, 0.1) is 0 Å². The standard InChI is InChI=1S/C16H27N3OS2/c1-16(2,3)22(20)13-11-19-15(17-4)18-10-12-21-14-8-6-5-7-9-14/h5-9H,10-13H2,1-4H3,(H2,17,18,19). The van der Waals surface area contributed by atoms with Gasteiger partial charge in [0.2, 0.25) is 0 Å². The van der Waals surface area contributed by atoms with Crippen LogP contribution in [-0.4, -0.2) is 46.6 Å². The smallest absolute Gasteiger partial charge is 0.191 e. The van der Waals surface area contributed by atoms with Crippen molar-refractivity contribution in [1.29, 1.82) is 0 Å². The second-order valence-corrected chi connectivity index (χ2v) is 9.24. The molecule has 0 aromatic heterocycles. The van der Waals surface area contributed by atoms with E-state index in [1.54, 1.807) is 7.05 Å². The lowest BCUT2D eigenvalue weighted by Gasteiger charge is -2.18. The number of hydrogen-bond acceptors (Lipinski definition) is 3. The van der Waals surface area contributed by atoms with Crippen molar-refractivity contribution in [3.63, 3.8) is 0 Å². The van der Waals surface area contributed by atoms with Crippen molar-refractivity contribution in [3.8, 4) is 0 Å². The van der Waals surface area contributed by atoms with E-state index in [1.165, 1.54) is 4.90 Å². The summed E-state index contributed by atoms with van der Waals surface area (Å²) in [6.07, 6.45) is 0. The summed E-state index contributed by atoms with van der Waals surface area (Å²) < 4.78 is 11.8. The van der Waals surface area contributed by atoms with Crippen LogP contribution in [0.4, 0.5) is 0 Å². The number of guanidine groups is 1. The highest BCUT2D eigenvalue weighted by molar-refractivity contribution is 7.99. The van der Waals surface area contributed by atoms with Crippen molar-refractivity contribution >= 4 is 28.5 Å². The molecule has 4 nitrogen and oxygen atoms in total. The minimum atomic E-state index is -0.837. The molecule has 0 aliphatic heterocycles. The molecule has 0 aliphatic rings. The van der Waals surface area contributed by atoms with Crippen LogP contribution in [0.1, 0.15) is 20.8 Å². The Hall–Kier alpha value is -1.01. The molecule has 6 heteroatoms. The molecular weight excluding hydrogens is 314 g/mol. The fourth-order valence-electron chi connectivity index (χ4n) is 1.64. The van der Waals surface area contributed by atoms with Crippen molar-refractivity contribution < 1.29 is 4.21 Å². The van der Waals surface area contributed by atoms with Crippen LogP contribution in [0.3, 0.4) is 0 Å². The Kier molecular flexibility index (Phi) is 8.56. The molecule has 0 radical (unpaired) electrons. The first kappa shape index (κ1) is 19.0. The van der Waals surface area contributed by atoms with Crippen molar-refractivity contribution in [2.45, 2.75) is 30.4 Å². The van der Waals surface area contributed by atoms with Crippen molar-refractivity contribution in [2.75, 3.05) is 31.6 Å². The first-order valence-electron chi connectivity index (χ1n) is 7.44. The van der Waals surface area contributed by atoms with Crippen molar-refractivity contribution in [1.82, 2.24) is 10.6 Å². The van der Waals surface area contributed by atoms with E-state index >= 15 is 0 Å². The zero-order chi connectivity index (χ0) is 16.4. The van der Waals surface area contributed by atoms with Gasteiger partial charge in [0.1, 0.15) is 0 Å². The minimum Gasteiger partial charge on any atom is -0.356 e. The number of nitrogens with zero attached hydrogens (tertiary/aromatic N) is 1. The molecule has 2 N–H and O–H groups in total. The summed E-state index contributed by atoms with van der Waals surface area (Å²) in [6.45, 7) is 7.49. The highest BCUT2D eigenvalue weighted by Crippen LogP contribution is 2.15. The van der Waals surface area contributed by atoms with E-state index in [4.69, 9.17) is 0 Å². The van der Waals surface area contributed by atoms with E-state index < -0.39 is 10.8 Å². The number of aliphatic imine (C=N–C) groups is 1. The SMILES string of the molecule is CN=C(NCCSc1ccccc1)NCCS(=O)C(C)(C)C. The third-order valence-corrected chi connectivity index (χ3v) is 5.85. The molecule has 1 aromatic carbocycles. The molecular formula is C16H27N3OS2. The molecule has 0 saturated heterocycles. The van der Waals surface area contributed by atoms with Crippen LogP contribution in [0, 0.1) is 0 Å². The maximum absolute atomic E-state index is 12.0. The zero-order valence-electron chi connectivity index (χ0n) is 13.9. The van der Waals surface area contributed by atoms with Crippen molar-refractivity contribution in [3.05, 3.63) is 30.3 Å². The predicted molar refractivity (Wildman–Crippen MR) is 99.3 cm³/mol. The Bertz CT molecular complexity index is 484. The normalized spacial score (nSPS) is 13.7. The van der Waals surface area contributed by atoms with Crippen LogP contribution in [0.25, 0.3) is 0 Å². The van der Waals surface area contributed by atoms with Crippen LogP contribution in [0.5, 0.6) is 0 Å². The second kappa shape index (κ2) is 9.90. The van der Waals surface area contributed by atoms with E-state index in [2.05, 4.69) is 27.8 Å². The summed E-state index contributed by atoms with van der Waals surface area (Å²) in [5, 5.41) is 6.48. The molecule has 22 heavy (non-hydrogen) atoms. The van der Waals surface area contributed by atoms with Crippen LogP contribution in [0.2, 0.25) is 0 Å². The van der Waals surface area contributed by atoms with Gasteiger partial charge in [0.25, 0.3) is 0 Å². The monoisotopic (exact) mass is 341 g/mol. The molecule has 1 atom stereocenters. The quantitative estimate of drug-likeness (QED) is 0.346. The van der Waals surface area contributed by atoms with Gasteiger partial charge in [-0.1, -0.05) is 18.2 Å². The third kappa shape index (κ3) is 7.84. The number of nitrogens with one attached hydrogen (secondary N) is 2. The summed E-state index contributed by atoms with van der Waals surface area (Å²) in [6, 6.07) is 10.3. The molecule has 1 rings (SSSR count). The van der Waals surface area contributed by atoms with Gasteiger partial charge in [-0.2, -0.15) is 0 Å². The fraction of sp³-hybridized carbons (Fsp3) is 0.562. The summed E-state index contributed by atoms with van der Waals surface area (Å²) in [4.78, 5) is 5.45. The molecule has 124 valence electrons. The fourth-order valence-corrected chi connectivity index (χ4v) is 3.33. The van der Waals surface area contributed by atoms with E-state index in [0.29, 0.717) is 12.3 Å². The highest BCUT2D eigenvalue weighted by atomic mass is 32.2. The first-order valence-corrected chi connectivity index (χ1v) is 9.75. The molecule has 1 aromatic rings. The molecule has 0 bridgehead atoms. The van der Waals surface area contributed by atoms with Crippen molar-refractivity contribution in [2.24, 2.45) is 4.99 Å². The number of thioether (sulfide) groups is 1. The average Bonchev–Trinajstić information content (AvgIpc) is 2.49. The number of hydrogen-bond donors (Lipinski definition) is 2. The Labute approximate surface area is 141 Å². The topological polar surface area (TPSA) is 53.5 Å². The summed E-state index contributed by atoms with van der Waals surface area (Å²) in [5.41, 5.74) is 0. The molecule has 0 spiro atoms. The van der Waals surface area contributed by atoms with Gasteiger partial charge < -0.3 is 10.6 Å². The number of rotatable bonds is 7. The summed E-state index contributed by atoms with van der Waals surface area (Å²) >= 11 is 1.81. The molecule has 1 unspecified atom stereocenters. The van der Waals surface area contributed by atoms with Crippen LogP contribution >= 0.6 is 11.8 Å². The molecule has 0 heterocycles. The zero-order valence-corrected chi connectivity index (χ0v) is 15.5. The second-order valence-electron chi connectivity index (χ2n) is 5.75. The lowest BCUT2D eigenvalue weighted by molar-refractivity contribution is 0.647. The lowest BCUT2D eigenvalue weighted by Crippen LogP contribution is -2.41. The maximum Gasteiger partial charge on any atom is 0.191 e. The molecule has 0 fully saturated rings. The van der Waals surface area contributed by atoms with Crippen LogP contribution in [-0.2, 0) is 10.8 Å². The Morgan fingerprint density at radius 2 is 1.82 bits per heavy atom. The highest BCUT2D eigenvalue weighted by Gasteiger charge is 2.18. The first-order chi connectivity index (χ1) is 10.4. The minimum absolute atomic E-state index is 0.162. The van der Waals surface area contributed by atoms with Gasteiger partial charge in [-0.3, -0.25) is 9.20 Å². The predicted octanol–water partition coefficient (Wildman–Crippen LogP) is 2.49. The van der Waals surface area contributed by atoms with E-state index in [1.807, 2.05) is 50.7 Å². The summed E-state index contributed by atoms with van der Waals surface area (Å²) in [5.74, 6) is 2.36. The molecule has 0 amide bonds. The van der Waals surface area contributed by atoms with Crippen LogP contribution in [0.15, 0.2) is 40.2 Å². The Morgan fingerprint density at radius 3 is 2.41 bits per heavy atom. The van der Waals surface area contributed by atoms with Gasteiger partial charge in [0, 0.05) is 52.1 Å². The Balaban J connectivity index is 2.19. The van der Waals surface area contributed by atoms with Gasteiger partial charge in [-0.15, -0.1) is 11.8 Å². The van der Waals surface area contributed by atoms with E-state index in [-0.39, 0.29) is 4.75 Å². The van der Waals surface area contributed by atoms with Gasteiger partial charge in [0.15, 0.2) is 5.96 Å². The van der Waals surface area contributed by atoms with E-state index in [0.717, 1.165) is 18.3 Å². The number of benzene rings is 1. The van der Waals surface area contributed by atoms with Gasteiger partial charge in [-0.25, -0.2) is 0 Å². The van der Waals surface area contributed by atoms with Gasteiger partial charge >= 0.3 is 0 Å². The maximum atomic E-state index is 12.0. The molecule has 0 aliphatic carbocycles. The third-order valence-electron chi connectivity index (χ3n) is 2.89.